The Morgan fingerprint density at radius 2 is 1.85 bits per heavy atom. The van der Waals surface area contributed by atoms with Gasteiger partial charge in [0.25, 0.3) is 0 Å². The van der Waals surface area contributed by atoms with Crippen molar-refractivity contribution in [3.8, 4) is 5.75 Å². The van der Waals surface area contributed by atoms with Crippen LogP contribution in [-0.4, -0.2) is 9.85 Å². The van der Waals surface area contributed by atoms with Crippen LogP contribution in [0.15, 0.2) is 23.1 Å². The van der Waals surface area contributed by atoms with E-state index in [4.69, 9.17) is 0 Å². The Labute approximate surface area is 84.2 Å². The molecule has 0 saturated heterocycles. The zero-order chi connectivity index (χ0) is 10.1. The number of benzene rings is 1. The molecule has 0 unspecified atom stereocenters. The van der Waals surface area contributed by atoms with Crippen LogP contribution in [-0.2, 0) is 0 Å². The highest BCUT2D eigenvalue weighted by atomic mass is 32.2. The summed E-state index contributed by atoms with van der Waals surface area (Å²) in [6.07, 6.45) is 0. The van der Waals surface area contributed by atoms with Gasteiger partial charge in [0.15, 0.2) is 0 Å². The van der Waals surface area contributed by atoms with E-state index in [1.54, 1.807) is 12.1 Å². The number of thioether (sulfide) groups is 1. The third-order valence-electron chi connectivity index (χ3n) is 1.57. The van der Waals surface area contributed by atoms with Crippen molar-refractivity contribution in [1.82, 2.24) is 0 Å². The molecule has 2 heteroatoms. The van der Waals surface area contributed by atoms with Gasteiger partial charge >= 0.3 is 0 Å². The lowest BCUT2D eigenvalue weighted by Crippen LogP contribution is -2.06. The molecule has 0 saturated carbocycles. The highest BCUT2D eigenvalue weighted by molar-refractivity contribution is 8.00. The fourth-order valence-electron chi connectivity index (χ4n) is 1.08. The second-order valence-corrected chi connectivity index (χ2v) is 6.03. The predicted molar refractivity (Wildman–Crippen MR) is 58.5 cm³/mol. The average Bonchev–Trinajstić information content (AvgIpc) is 1.93. The molecule has 1 N–H and O–H groups in total. The molecule has 0 amide bonds. The van der Waals surface area contributed by atoms with Gasteiger partial charge in [0.1, 0.15) is 5.75 Å². The van der Waals surface area contributed by atoms with Crippen LogP contribution in [0, 0.1) is 6.92 Å². The number of aromatic hydroxyl groups is 1. The van der Waals surface area contributed by atoms with Gasteiger partial charge in [0.05, 0.1) is 0 Å². The second-order valence-electron chi connectivity index (χ2n) is 4.16. The van der Waals surface area contributed by atoms with Crippen molar-refractivity contribution in [1.29, 1.82) is 0 Å². The standard InChI is InChI=1S/C11H16OS/c1-8-7-9(12)5-6-10(8)13-11(2,3)4/h5-7,12H,1-4H3. The fraction of sp³-hybridized carbons (Fsp3) is 0.455. The summed E-state index contributed by atoms with van der Waals surface area (Å²) in [5.74, 6) is 0.343. The maximum atomic E-state index is 9.23. The monoisotopic (exact) mass is 196 g/mol. The first-order chi connectivity index (χ1) is 5.88. The van der Waals surface area contributed by atoms with Crippen LogP contribution in [0.2, 0.25) is 0 Å². The molecule has 13 heavy (non-hydrogen) atoms. The van der Waals surface area contributed by atoms with Crippen LogP contribution in [0.4, 0.5) is 0 Å². The quantitative estimate of drug-likeness (QED) is 0.693. The third-order valence-corrected chi connectivity index (χ3v) is 2.87. The third kappa shape index (κ3) is 3.31. The molecule has 0 bridgehead atoms. The molecule has 0 radical (unpaired) electrons. The molecule has 0 aromatic heterocycles. The van der Waals surface area contributed by atoms with Crippen LogP contribution < -0.4 is 0 Å². The van der Waals surface area contributed by atoms with E-state index in [0.29, 0.717) is 5.75 Å². The SMILES string of the molecule is Cc1cc(O)ccc1SC(C)(C)C. The van der Waals surface area contributed by atoms with Gasteiger partial charge in [-0.15, -0.1) is 11.8 Å². The molecular formula is C11H16OS. The first-order valence-electron chi connectivity index (χ1n) is 4.37. The molecule has 0 spiro atoms. The summed E-state index contributed by atoms with van der Waals surface area (Å²) in [5, 5.41) is 9.23. The van der Waals surface area contributed by atoms with Gasteiger partial charge in [0.2, 0.25) is 0 Å². The van der Waals surface area contributed by atoms with E-state index in [1.807, 2.05) is 24.8 Å². The fourth-order valence-corrected chi connectivity index (χ4v) is 2.09. The molecule has 0 aliphatic carbocycles. The Bertz CT molecular complexity index is 299. The van der Waals surface area contributed by atoms with Crippen LogP contribution in [0.25, 0.3) is 0 Å². The molecule has 0 atom stereocenters. The lowest BCUT2D eigenvalue weighted by atomic mass is 10.2. The van der Waals surface area contributed by atoms with Crippen LogP contribution in [0.5, 0.6) is 5.75 Å². The van der Waals surface area contributed by atoms with Gasteiger partial charge in [-0.3, -0.25) is 0 Å². The van der Waals surface area contributed by atoms with Crippen molar-refractivity contribution in [3.63, 3.8) is 0 Å². The first-order valence-corrected chi connectivity index (χ1v) is 5.19. The summed E-state index contributed by atoms with van der Waals surface area (Å²) in [5.41, 5.74) is 1.14. The molecule has 1 aromatic rings. The molecule has 0 aliphatic rings. The largest absolute Gasteiger partial charge is 0.508 e. The predicted octanol–water partition coefficient (Wildman–Crippen LogP) is 3.59. The van der Waals surface area contributed by atoms with Gasteiger partial charge in [-0.25, -0.2) is 0 Å². The van der Waals surface area contributed by atoms with Crippen molar-refractivity contribution in [2.24, 2.45) is 0 Å². The Kier molecular flexibility index (Phi) is 2.91. The topological polar surface area (TPSA) is 20.2 Å². The summed E-state index contributed by atoms with van der Waals surface area (Å²) in [4.78, 5) is 1.24. The van der Waals surface area contributed by atoms with Gasteiger partial charge in [-0.2, -0.15) is 0 Å². The van der Waals surface area contributed by atoms with E-state index in [0.717, 1.165) is 5.56 Å². The summed E-state index contributed by atoms with van der Waals surface area (Å²) >= 11 is 1.82. The van der Waals surface area contributed by atoms with Crippen LogP contribution >= 0.6 is 11.8 Å². The molecule has 1 rings (SSSR count). The van der Waals surface area contributed by atoms with Gasteiger partial charge in [0, 0.05) is 9.64 Å². The van der Waals surface area contributed by atoms with Crippen molar-refractivity contribution in [3.05, 3.63) is 23.8 Å². The molecule has 1 aromatic carbocycles. The maximum absolute atomic E-state index is 9.23. The van der Waals surface area contributed by atoms with Gasteiger partial charge in [-0.1, -0.05) is 20.8 Å². The highest BCUT2D eigenvalue weighted by Gasteiger charge is 2.13. The zero-order valence-corrected chi connectivity index (χ0v) is 9.40. The molecular weight excluding hydrogens is 180 g/mol. The highest BCUT2D eigenvalue weighted by Crippen LogP contribution is 2.34. The van der Waals surface area contributed by atoms with Crippen molar-refractivity contribution < 1.29 is 5.11 Å². The second kappa shape index (κ2) is 3.62. The number of phenolic OH excluding ortho intramolecular Hbond substituents is 1. The minimum absolute atomic E-state index is 0.224. The van der Waals surface area contributed by atoms with E-state index in [9.17, 15) is 5.11 Å². The maximum Gasteiger partial charge on any atom is 0.115 e. The summed E-state index contributed by atoms with van der Waals surface area (Å²) < 4.78 is 0.224. The van der Waals surface area contributed by atoms with Crippen LogP contribution in [0.1, 0.15) is 26.3 Å². The van der Waals surface area contributed by atoms with E-state index in [1.165, 1.54) is 4.90 Å². The van der Waals surface area contributed by atoms with E-state index < -0.39 is 0 Å². The summed E-state index contributed by atoms with van der Waals surface area (Å²) in [6.45, 7) is 8.58. The molecule has 0 heterocycles. The van der Waals surface area contributed by atoms with Crippen LogP contribution in [0.3, 0.4) is 0 Å². The number of rotatable bonds is 1. The lowest BCUT2D eigenvalue weighted by Gasteiger charge is -2.18. The number of aryl methyl sites for hydroxylation is 1. The Hall–Kier alpha value is -0.630. The van der Waals surface area contributed by atoms with Gasteiger partial charge in [-0.05, 0) is 30.7 Å². The minimum atomic E-state index is 0.224. The lowest BCUT2D eigenvalue weighted by molar-refractivity contribution is 0.474. The first kappa shape index (κ1) is 10.5. The summed E-state index contributed by atoms with van der Waals surface area (Å²) in [6, 6.07) is 5.51. The van der Waals surface area contributed by atoms with E-state index in [-0.39, 0.29) is 4.75 Å². The van der Waals surface area contributed by atoms with Crippen molar-refractivity contribution >= 4 is 11.8 Å². The molecule has 0 aliphatic heterocycles. The molecule has 72 valence electrons. The number of hydrogen-bond donors (Lipinski definition) is 1. The summed E-state index contributed by atoms with van der Waals surface area (Å²) in [7, 11) is 0. The number of hydrogen-bond acceptors (Lipinski definition) is 2. The smallest absolute Gasteiger partial charge is 0.115 e. The Morgan fingerprint density at radius 3 is 2.31 bits per heavy atom. The minimum Gasteiger partial charge on any atom is -0.508 e. The molecule has 1 nitrogen and oxygen atoms in total. The van der Waals surface area contributed by atoms with Crippen molar-refractivity contribution in [2.75, 3.05) is 0 Å². The zero-order valence-electron chi connectivity index (χ0n) is 8.59. The van der Waals surface area contributed by atoms with E-state index in [2.05, 4.69) is 20.8 Å². The Balaban J connectivity index is 2.90. The van der Waals surface area contributed by atoms with E-state index >= 15 is 0 Å². The van der Waals surface area contributed by atoms with Crippen molar-refractivity contribution in [2.45, 2.75) is 37.3 Å². The normalized spacial score (nSPS) is 11.7. The van der Waals surface area contributed by atoms with Gasteiger partial charge < -0.3 is 5.11 Å². The molecule has 0 fully saturated rings. The Morgan fingerprint density at radius 1 is 1.23 bits per heavy atom. The average molecular weight is 196 g/mol. The number of phenols is 1.